The van der Waals surface area contributed by atoms with Crippen molar-refractivity contribution in [3.63, 3.8) is 0 Å². The molecule has 0 radical (unpaired) electrons. The van der Waals surface area contributed by atoms with Gasteiger partial charge in [0.25, 0.3) is 0 Å². The normalized spacial score (nSPS) is 15.0. The van der Waals surface area contributed by atoms with Crippen LogP contribution in [0.2, 0.25) is 0 Å². The van der Waals surface area contributed by atoms with Gasteiger partial charge in [-0.3, -0.25) is 0 Å². The van der Waals surface area contributed by atoms with E-state index < -0.39 is 0 Å². The monoisotopic (exact) mass is 818 g/mol. The largest absolute Gasteiger partial charge is 0.310 e. The van der Waals surface area contributed by atoms with Gasteiger partial charge < -0.3 is 9.80 Å². The Hall–Kier alpha value is -7.29. The summed E-state index contributed by atoms with van der Waals surface area (Å²) < 4.78 is 0. The molecule has 0 spiro atoms. The van der Waals surface area contributed by atoms with E-state index in [9.17, 15) is 0 Å². The quantitative estimate of drug-likeness (QED) is 0.160. The first-order chi connectivity index (χ1) is 31.3. The van der Waals surface area contributed by atoms with Crippen molar-refractivity contribution in [2.45, 2.75) is 38.5 Å². The van der Waals surface area contributed by atoms with Crippen molar-refractivity contribution >= 4 is 80.3 Å². The van der Waals surface area contributed by atoms with E-state index in [-0.39, 0.29) is 24.3 Å². The third kappa shape index (κ3) is 5.68. The molecule has 0 saturated heterocycles. The summed E-state index contributed by atoms with van der Waals surface area (Å²) in [5.41, 5.74) is 22.6. The van der Waals surface area contributed by atoms with Crippen LogP contribution in [-0.4, -0.2) is 13.4 Å². The highest BCUT2D eigenvalue weighted by Crippen LogP contribution is 2.56. The van der Waals surface area contributed by atoms with Crippen molar-refractivity contribution in [1.82, 2.24) is 0 Å². The molecule has 0 N–H and O–H groups in total. The summed E-state index contributed by atoms with van der Waals surface area (Å²) in [6.07, 6.45) is 0. The predicted octanol–water partition coefficient (Wildman–Crippen LogP) is 10.9. The lowest BCUT2D eigenvalue weighted by molar-refractivity contribution is 0.631. The maximum atomic E-state index is 2.56. The Morgan fingerprint density at radius 1 is 0.297 bits per heavy atom. The highest BCUT2D eigenvalue weighted by atomic mass is 15.2. The minimum atomic E-state index is -0.194. The summed E-state index contributed by atoms with van der Waals surface area (Å²) in [4.78, 5) is 5.06. The van der Waals surface area contributed by atoms with Crippen LogP contribution in [0.15, 0.2) is 218 Å². The van der Waals surface area contributed by atoms with Gasteiger partial charge in [-0.2, -0.15) is 0 Å². The number of nitrogens with zero attached hydrogens (tertiary/aromatic N) is 2. The summed E-state index contributed by atoms with van der Waals surface area (Å²) in [7, 11) is 0. The molecule has 2 nitrogen and oxygen atoms in total. The van der Waals surface area contributed by atoms with Crippen LogP contribution in [0, 0.1) is 0 Å². The first-order valence-electron chi connectivity index (χ1n) is 22.8. The van der Waals surface area contributed by atoms with Gasteiger partial charge in [0.15, 0.2) is 0 Å². The zero-order valence-corrected chi connectivity index (χ0v) is 36.8. The molecule has 12 rings (SSSR count). The maximum Gasteiger partial charge on any atom is 0.240 e. The Bertz CT molecular complexity index is 3130. The molecule has 64 heavy (non-hydrogen) atoms. The fourth-order valence-corrected chi connectivity index (χ4v) is 11.7. The Morgan fingerprint density at radius 3 is 1.16 bits per heavy atom. The average Bonchev–Trinajstić information content (AvgIpc) is 3.34. The zero-order valence-electron chi connectivity index (χ0n) is 36.8. The number of para-hydroxylation sites is 4. The summed E-state index contributed by atoms with van der Waals surface area (Å²) >= 11 is 0. The Labute approximate surface area is 378 Å². The predicted molar refractivity (Wildman–Crippen MR) is 274 cm³/mol. The Kier molecular flexibility index (Phi) is 8.78. The van der Waals surface area contributed by atoms with E-state index in [4.69, 9.17) is 0 Å². The average molecular weight is 819 g/mol. The van der Waals surface area contributed by atoms with Gasteiger partial charge in [-0.05, 0) is 64.2 Å². The zero-order chi connectivity index (χ0) is 43.2. The van der Waals surface area contributed by atoms with Gasteiger partial charge >= 0.3 is 0 Å². The van der Waals surface area contributed by atoms with Crippen molar-refractivity contribution in [1.29, 1.82) is 0 Å². The molecule has 304 valence electrons. The molecular formula is C60H48B2N2. The Balaban J connectivity index is 1.13. The molecule has 0 amide bonds. The fourth-order valence-electron chi connectivity index (χ4n) is 11.7. The summed E-state index contributed by atoms with van der Waals surface area (Å²) in [6, 6.07) is 81.9. The lowest BCUT2D eigenvalue weighted by atomic mass is 9.21. The molecule has 3 aliphatic rings. The summed E-state index contributed by atoms with van der Waals surface area (Å²) in [5.74, 6) is 0. The molecule has 0 saturated carbocycles. The molecule has 3 heterocycles. The number of benzene rings is 9. The molecule has 9 aromatic carbocycles. The number of anilines is 6. The van der Waals surface area contributed by atoms with E-state index in [1.807, 2.05) is 0 Å². The molecule has 0 bridgehead atoms. The van der Waals surface area contributed by atoms with Crippen LogP contribution in [0.3, 0.4) is 0 Å². The standard InChI is InChI=1S/C60H48B2N2/c1-59(2)45-25-9-18-34-54(45)63(55-35-19-10-26-46(55)59)42-38-39-44(58(40-42)64-56-36-20-11-27-47(56)60(3,4)48-28-12-21-37-57(48)64)43-24-8-13-29-49(43)62-52-32-16-14-30-50(52)61(41-22-6-5-7-23-41)51-31-15-17-33-53(51)62/h5-40H,1-4H3. The van der Waals surface area contributed by atoms with Gasteiger partial charge in [0.1, 0.15) is 0 Å². The fraction of sp³-hybridized carbons (Fsp3) is 0.100. The minimum Gasteiger partial charge on any atom is -0.310 e. The molecule has 4 heteroatoms. The van der Waals surface area contributed by atoms with Crippen LogP contribution in [0.1, 0.15) is 49.9 Å². The van der Waals surface area contributed by atoms with Crippen LogP contribution in [-0.2, 0) is 10.8 Å². The number of rotatable bonds is 5. The van der Waals surface area contributed by atoms with E-state index in [0.717, 1.165) is 11.4 Å². The first kappa shape index (κ1) is 38.4. The molecule has 9 aromatic rings. The molecule has 0 aromatic heterocycles. The van der Waals surface area contributed by atoms with Gasteiger partial charge in [0.05, 0.1) is 28.4 Å². The second kappa shape index (κ2) is 14.6. The molecular weight excluding hydrogens is 770 g/mol. The minimum absolute atomic E-state index is 0.0269. The van der Waals surface area contributed by atoms with Crippen molar-refractivity contribution in [2.24, 2.45) is 0 Å². The van der Waals surface area contributed by atoms with Crippen LogP contribution < -0.4 is 42.6 Å². The Morgan fingerprint density at radius 2 is 0.672 bits per heavy atom. The van der Waals surface area contributed by atoms with Crippen molar-refractivity contribution in [3.8, 4) is 11.1 Å². The van der Waals surface area contributed by atoms with Crippen molar-refractivity contribution < 1.29 is 0 Å². The summed E-state index contributed by atoms with van der Waals surface area (Å²) in [5, 5.41) is 0. The number of hydrogen-bond acceptors (Lipinski definition) is 2. The van der Waals surface area contributed by atoms with Crippen molar-refractivity contribution in [3.05, 3.63) is 241 Å². The van der Waals surface area contributed by atoms with E-state index >= 15 is 0 Å². The molecule has 0 atom stereocenters. The lowest BCUT2D eigenvalue weighted by Gasteiger charge is -2.44. The first-order valence-corrected chi connectivity index (χ1v) is 22.8. The number of hydrogen-bond donors (Lipinski definition) is 0. The van der Waals surface area contributed by atoms with E-state index in [0.29, 0.717) is 0 Å². The van der Waals surface area contributed by atoms with Crippen LogP contribution in [0.25, 0.3) is 11.1 Å². The maximum absolute atomic E-state index is 2.56. The highest BCUT2D eigenvalue weighted by Gasteiger charge is 2.42. The lowest BCUT2D eigenvalue weighted by Crippen LogP contribution is -2.75. The van der Waals surface area contributed by atoms with E-state index in [1.165, 1.54) is 88.9 Å². The van der Waals surface area contributed by atoms with Gasteiger partial charge in [-0.25, -0.2) is 0 Å². The molecule has 0 unspecified atom stereocenters. The van der Waals surface area contributed by atoms with Gasteiger partial charge in [-0.15, -0.1) is 0 Å². The van der Waals surface area contributed by atoms with Crippen LogP contribution in [0.4, 0.5) is 34.1 Å². The van der Waals surface area contributed by atoms with Crippen LogP contribution >= 0.6 is 0 Å². The highest BCUT2D eigenvalue weighted by molar-refractivity contribution is 7.11. The van der Waals surface area contributed by atoms with Gasteiger partial charge in [-0.1, -0.05) is 242 Å². The molecule has 3 aliphatic heterocycles. The second-order valence-electron chi connectivity index (χ2n) is 18.8. The summed E-state index contributed by atoms with van der Waals surface area (Å²) in [6.45, 7) is 9.65. The number of fused-ring (bicyclic) bond motifs is 6. The van der Waals surface area contributed by atoms with Crippen molar-refractivity contribution in [2.75, 3.05) is 9.80 Å². The smallest absolute Gasteiger partial charge is 0.240 e. The van der Waals surface area contributed by atoms with Gasteiger partial charge in [0.2, 0.25) is 13.4 Å². The molecule has 0 aliphatic carbocycles. The van der Waals surface area contributed by atoms with E-state index in [2.05, 4.69) is 256 Å². The second-order valence-corrected chi connectivity index (χ2v) is 18.8. The van der Waals surface area contributed by atoms with Crippen LogP contribution in [0.5, 0.6) is 0 Å². The third-order valence-corrected chi connectivity index (χ3v) is 14.7. The van der Waals surface area contributed by atoms with E-state index in [1.54, 1.807) is 0 Å². The third-order valence-electron chi connectivity index (χ3n) is 14.7. The van der Waals surface area contributed by atoms with Gasteiger partial charge in [0, 0.05) is 22.1 Å². The SMILES string of the molecule is CC1(C)c2ccccc2N(c2ccc(-c3ccccc3B3c4ccccc4B(c4ccccc4)c4ccccc43)c(N3c4ccccc4C(C)(C)c4ccccc43)c2)c2ccccc21. The topological polar surface area (TPSA) is 6.48 Å². The molecule has 0 fully saturated rings.